The average molecular weight is 326 g/mol. The van der Waals surface area contributed by atoms with E-state index in [1.165, 1.54) is 0 Å². The number of unbranched alkanes of at least 4 members (excludes halogenated alkanes) is 1. The van der Waals surface area contributed by atoms with E-state index in [1.54, 1.807) is 6.07 Å². The Morgan fingerprint density at radius 1 is 0.958 bits per heavy atom. The molecule has 3 heteroatoms. The van der Waals surface area contributed by atoms with Gasteiger partial charge in [0.25, 0.3) is 0 Å². The second-order valence-corrected chi connectivity index (χ2v) is 5.61. The maximum Gasteiger partial charge on any atom is 0.122 e. The van der Waals surface area contributed by atoms with Crippen molar-refractivity contribution >= 4 is 6.08 Å². The van der Waals surface area contributed by atoms with Crippen LogP contribution < -0.4 is 4.74 Å². The number of rotatable bonds is 9. The number of hydrogen-bond donors (Lipinski definition) is 1. The predicted octanol–water partition coefficient (Wildman–Crippen LogP) is 5.29. The molecule has 3 nitrogen and oxygen atoms in total. The number of phenolic OH excluding ortho intramolecular Hbond substituents is 1. The summed E-state index contributed by atoms with van der Waals surface area (Å²) >= 11 is 0. The SMILES string of the molecule is C/C=C/c1cc(-c2ccc(OCCOCCCC)cc2)ccc1O. The Morgan fingerprint density at radius 3 is 2.42 bits per heavy atom. The van der Waals surface area contributed by atoms with E-state index in [1.807, 2.05) is 55.5 Å². The molecule has 0 spiro atoms. The van der Waals surface area contributed by atoms with Crippen LogP contribution in [-0.4, -0.2) is 24.9 Å². The van der Waals surface area contributed by atoms with E-state index >= 15 is 0 Å². The van der Waals surface area contributed by atoms with Gasteiger partial charge in [0.2, 0.25) is 0 Å². The highest BCUT2D eigenvalue weighted by atomic mass is 16.5. The zero-order chi connectivity index (χ0) is 17.2. The van der Waals surface area contributed by atoms with E-state index in [2.05, 4.69) is 6.92 Å². The van der Waals surface area contributed by atoms with Gasteiger partial charge in [-0.25, -0.2) is 0 Å². The van der Waals surface area contributed by atoms with Crippen molar-refractivity contribution in [2.45, 2.75) is 26.7 Å². The van der Waals surface area contributed by atoms with Crippen LogP contribution in [0.4, 0.5) is 0 Å². The number of ether oxygens (including phenoxy) is 2. The van der Waals surface area contributed by atoms with Gasteiger partial charge in [-0.2, -0.15) is 0 Å². The van der Waals surface area contributed by atoms with E-state index < -0.39 is 0 Å². The number of aromatic hydroxyl groups is 1. The monoisotopic (exact) mass is 326 g/mol. The Bertz CT molecular complexity index is 645. The summed E-state index contributed by atoms with van der Waals surface area (Å²) in [6.45, 7) is 6.07. The van der Waals surface area contributed by atoms with Crippen LogP contribution in [0, 0.1) is 0 Å². The van der Waals surface area contributed by atoms with E-state index in [0.717, 1.165) is 41.9 Å². The molecule has 0 amide bonds. The Hall–Kier alpha value is -2.26. The zero-order valence-electron chi connectivity index (χ0n) is 14.5. The second kappa shape index (κ2) is 9.78. The molecule has 0 atom stereocenters. The lowest BCUT2D eigenvalue weighted by atomic mass is 10.0. The molecule has 0 aliphatic carbocycles. The fourth-order valence-electron chi connectivity index (χ4n) is 2.36. The van der Waals surface area contributed by atoms with Gasteiger partial charge in [0.1, 0.15) is 18.1 Å². The highest BCUT2D eigenvalue weighted by molar-refractivity contribution is 5.70. The minimum Gasteiger partial charge on any atom is -0.507 e. The van der Waals surface area contributed by atoms with E-state index in [9.17, 15) is 5.11 Å². The Balaban J connectivity index is 1.93. The van der Waals surface area contributed by atoms with Gasteiger partial charge < -0.3 is 14.6 Å². The van der Waals surface area contributed by atoms with Crippen LogP contribution in [0.3, 0.4) is 0 Å². The van der Waals surface area contributed by atoms with Crippen molar-refractivity contribution in [2.75, 3.05) is 19.8 Å². The number of allylic oxidation sites excluding steroid dienone is 1. The summed E-state index contributed by atoms with van der Waals surface area (Å²) in [5.74, 6) is 1.13. The average Bonchev–Trinajstić information content (AvgIpc) is 2.61. The third-order valence-electron chi connectivity index (χ3n) is 3.70. The molecule has 128 valence electrons. The molecule has 0 aromatic heterocycles. The van der Waals surface area contributed by atoms with E-state index in [4.69, 9.17) is 9.47 Å². The Morgan fingerprint density at radius 2 is 1.71 bits per heavy atom. The molecule has 0 aliphatic rings. The standard InChI is InChI=1S/C21H26O3/c1-3-5-13-23-14-15-24-20-10-7-17(8-11-20)18-9-12-21(22)19(16-18)6-4-2/h4,6-12,16,22H,3,5,13-15H2,1-2H3/b6-4+. The van der Waals surface area contributed by atoms with Crippen molar-refractivity contribution < 1.29 is 14.6 Å². The third-order valence-corrected chi connectivity index (χ3v) is 3.70. The van der Waals surface area contributed by atoms with Gasteiger partial charge in [-0.1, -0.05) is 43.7 Å². The lowest BCUT2D eigenvalue weighted by molar-refractivity contribution is 0.0981. The summed E-state index contributed by atoms with van der Waals surface area (Å²) in [7, 11) is 0. The summed E-state index contributed by atoms with van der Waals surface area (Å²) in [6.07, 6.45) is 6.05. The van der Waals surface area contributed by atoms with Gasteiger partial charge >= 0.3 is 0 Å². The molecule has 0 radical (unpaired) electrons. The van der Waals surface area contributed by atoms with Crippen molar-refractivity contribution in [3.8, 4) is 22.6 Å². The van der Waals surface area contributed by atoms with E-state index in [0.29, 0.717) is 19.0 Å². The van der Waals surface area contributed by atoms with Gasteiger partial charge in [-0.3, -0.25) is 0 Å². The smallest absolute Gasteiger partial charge is 0.122 e. The Kier molecular flexibility index (Phi) is 7.37. The molecular formula is C21H26O3. The molecule has 0 saturated heterocycles. The molecular weight excluding hydrogens is 300 g/mol. The molecule has 2 rings (SSSR count). The van der Waals surface area contributed by atoms with E-state index in [-0.39, 0.29) is 0 Å². The molecule has 0 heterocycles. The van der Waals surface area contributed by atoms with Crippen molar-refractivity contribution in [3.05, 3.63) is 54.1 Å². The summed E-state index contributed by atoms with van der Waals surface area (Å²) in [5, 5.41) is 9.85. The van der Waals surface area contributed by atoms with Crippen LogP contribution in [0.25, 0.3) is 17.2 Å². The Labute approximate surface area is 144 Å². The molecule has 2 aromatic rings. The van der Waals surface area contributed by atoms with Gasteiger partial charge in [-0.05, 0) is 48.7 Å². The predicted molar refractivity (Wildman–Crippen MR) is 99.5 cm³/mol. The fourth-order valence-corrected chi connectivity index (χ4v) is 2.36. The topological polar surface area (TPSA) is 38.7 Å². The van der Waals surface area contributed by atoms with Crippen molar-refractivity contribution in [2.24, 2.45) is 0 Å². The maximum atomic E-state index is 9.85. The number of hydrogen-bond acceptors (Lipinski definition) is 3. The van der Waals surface area contributed by atoms with Gasteiger partial charge in [0.05, 0.1) is 6.61 Å². The lowest BCUT2D eigenvalue weighted by Gasteiger charge is -2.09. The van der Waals surface area contributed by atoms with Gasteiger partial charge in [0.15, 0.2) is 0 Å². The molecule has 0 aliphatic heterocycles. The minimum absolute atomic E-state index is 0.292. The molecule has 1 N–H and O–H groups in total. The van der Waals surface area contributed by atoms with Crippen LogP contribution in [-0.2, 0) is 4.74 Å². The molecule has 0 bridgehead atoms. The largest absolute Gasteiger partial charge is 0.507 e. The van der Waals surface area contributed by atoms with Crippen molar-refractivity contribution in [3.63, 3.8) is 0 Å². The first-order chi connectivity index (χ1) is 11.7. The summed E-state index contributed by atoms with van der Waals surface area (Å²) in [6, 6.07) is 13.6. The van der Waals surface area contributed by atoms with Crippen molar-refractivity contribution in [1.29, 1.82) is 0 Å². The molecule has 24 heavy (non-hydrogen) atoms. The van der Waals surface area contributed by atoms with Crippen LogP contribution in [0.5, 0.6) is 11.5 Å². The second-order valence-electron chi connectivity index (χ2n) is 5.61. The number of benzene rings is 2. The normalized spacial score (nSPS) is 11.1. The highest BCUT2D eigenvalue weighted by Gasteiger charge is 2.03. The summed E-state index contributed by atoms with van der Waals surface area (Å²) in [5.41, 5.74) is 2.97. The number of phenols is 1. The minimum atomic E-state index is 0.292. The third kappa shape index (κ3) is 5.43. The lowest BCUT2D eigenvalue weighted by Crippen LogP contribution is -2.07. The van der Waals surface area contributed by atoms with Crippen molar-refractivity contribution in [1.82, 2.24) is 0 Å². The van der Waals surface area contributed by atoms with Crippen LogP contribution in [0.1, 0.15) is 32.3 Å². The van der Waals surface area contributed by atoms with Gasteiger partial charge in [0, 0.05) is 12.2 Å². The summed E-state index contributed by atoms with van der Waals surface area (Å²) in [4.78, 5) is 0. The first-order valence-electron chi connectivity index (χ1n) is 8.51. The fraction of sp³-hybridized carbons (Fsp3) is 0.333. The van der Waals surface area contributed by atoms with Crippen LogP contribution in [0.15, 0.2) is 48.5 Å². The highest BCUT2D eigenvalue weighted by Crippen LogP contribution is 2.28. The quantitative estimate of drug-likeness (QED) is 0.637. The molecule has 0 unspecified atom stereocenters. The zero-order valence-corrected chi connectivity index (χ0v) is 14.5. The van der Waals surface area contributed by atoms with Crippen LogP contribution in [0.2, 0.25) is 0 Å². The first-order valence-corrected chi connectivity index (χ1v) is 8.51. The van der Waals surface area contributed by atoms with Crippen LogP contribution >= 0.6 is 0 Å². The van der Waals surface area contributed by atoms with Gasteiger partial charge in [-0.15, -0.1) is 0 Å². The molecule has 2 aromatic carbocycles. The maximum absolute atomic E-state index is 9.85. The molecule has 0 fully saturated rings. The summed E-state index contributed by atoms with van der Waals surface area (Å²) < 4.78 is 11.2. The first kappa shape index (κ1) is 18.1. The molecule has 0 saturated carbocycles.